The van der Waals surface area contributed by atoms with Crippen molar-refractivity contribution in [1.29, 1.82) is 0 Å². The van der Waals surface area contributed by atoms with E-state index in [0.29, 0.717) is 27.7 Å². The zero-order valence-corrected chi connectivity index (χ0v) is 22.1. The molecule has 194 valence electrons. The standard InChI is InChI=1S/C29H25ClN2O5S/c1-2-32(38(35,36)25-11-7-4-8-12-25)23-14-16-24(17-15-23)37-20-28(33)31-27-18-13-22(30)19-26(27)29(34)21-9-5-3-6-10-21/h3-19H,2,20H2,1H3,(H,31,33). The summed E-state index contributed by atoms with van der Waals surface area (Å²) < 4.78 is 33.0. The summed E-state index contributed by atoms with van der Waals surface area (Å²) in [4.78, 5) is 25.8. The summed E-state index contributed by atoms with van der Waals surface area (Å²) in [6.07, 6.45) is 0. The third-order valence-electron chi connectivity index (χ3n) is 5.65. The van der Waals surface area contributed by atoms with Gasteiger partial charge in [0.05, 0.1) is 16.3 Å². The van der Waals surface area contributed by atoms with Gasteiger partial charge in [-0.2, -0.15) is 0 Å². The van der Waals surface area contributed by atoms with Gasteiger partial charge in [0.1, 0.15) is 5.75 Å². The molecular weight excluding hydrogens is 524 g/mol. The minimum absolute atomic E-state index is 0.200. The van der Waals surface area contributed by atoms with Crippen LogP contribution in [0, 0.1) is 0 Å². The van der Waals surface area contributed by atoms with Gasteiger partial charge in [-0.1, -0.05) is 60.1 Å². The normalized spacial score (nSPS) is 11.0. The van der Waals surface area contributed by atoms with E-state index in [0.717, 1.165) is 0 Å². The van der Waals surface area contributed by atoms with Crippen molar-refractivity contribution in [2.24, 2.45) is 0 Å². The van der Waals surface area contributed by atoms with Gasteiger partial charge in [0, 0.05) is 22.7 Å². The topological polar surface area (TPSA) is 92.8 Å². The van der Waals surface area contributed by atoms with E-state index in [-0.39, 0.29) is 29.4 Å². The molecule has 38 heavy (non-hydrogen) atoms. The Morgan fingerprint density at radius 1 is 0.868 bits per heavy atom. The van der Waals surface area contributed by atoms with Crippen LogP contribution in [0.25, 0.3) is 0 Å². The van der Waals surface area contributed by atoms with Gasteiger partial charge >= 0.3 is 0 Å². The Balaban J connectivity index is 1.42. The van der Waals surface area contributed by atoms with Gasteiger partial charge in [0.2, 0.25) is 0 Å². The van der Waals surface area contributed by atoms with Crippen LogP contribution in [0.5, 0.6) is 5.75 Å². The molecule has 0 aromatic heterocycles. The summed E-state index contributed by atoms with van der Waals surface area (Å²) in [6.45, 7) is 1.68. The summed E-state index contributed by atoms with van der Waals surface area (Å²) in [5, 5.41) is 3.07. The van der Waals surface area contributed by atoms with E-state index < -0.39 is 15.9 Å². The molecule has 0 aliphatic heterocycles. The average molecular weight is 549 g/mol. The van der Waals surface area contributed by atoms with E-state index in [1.54, 1.807) is 97.9 Å². The number of benzene rings is 4. The summed E-state index contributed by atoms with van der Waals surface area (Å²) >= 11 is 6.10. The molecule has 4 rings (SSSR count). The fourth-order valence-electron chi connectivity index (χ4n) is 3.81. The Labute approximate surface area is 226 Å². The van der Waals surface area contributed by atoms with Crippen molar-refractivity contribution in [1.82, 2.24) is 0 Å². The molecule has 4 aromatic rings. The number of carbonyl (C=O) groups excluding carboxylic acids is 2. The second-order valence-corrected chi connectivity index (χ2v) is 10.5. The van der Waals surface area contributed by atoms with Crippen LogP contribution >= 0.6 is 11.6 Å². The number of rotatable bonds is 10. The van der Waals surface area contributed by atoms with Gasteiger partial charge in [0.15, 0.2) is 12.4 Å². The molecule has 9 heteroatoms. The van der Waals surface area contributed by atoms with E-state index in [2.05, 4.69) is 5.32 Å². The van der Waals surface area contributed by atoms with Crippen molar-refractivity contribution in [3.8, 4) is 5.75 Å². The molecule has 0 aliphatic carbocycles. The summed E-state index contributed by atoms with van der Waals surface area (Å²) in [6, 6.07) is 28.0. The maximum atomic E-state index is 13.0. The van der Waals surface area contributed by atoms with Crippen LogP contribution in [0.15, 0.2) is 108 Å². The lowest BCUT2D eigenvalue weighted by molar-refractivity contribution is -0.118. The Bertz CT molecular complexity index is 1530. The molecule has 1 N–H and O–H groups in total. The largest absolute Gasteiger partial charge is 0.484 e. The first kappa shape index (κ1) is 26.9. The van der Waals surface area contributed by atoms with Gasteiger partial charge in [-0.15, -0.1) is 0 Å². The van der Waals surface area contributed by atoms with Gasteiger partial charge < -0.3 is 10.1 Å². The smallest absolute Gasteiger partial charge is 0.264 e. The number of carbonyl (C=O) groups is 2. The van der Waals surface area contributed by atoms with Gasteiger partial charge in [-0.25, -0.2) is 8.42 Å². The van der Waals surface area contributed by atoms with Gasteiger partial charge in [-0.05, 0) is 61.5 Å². The molecule has 4 aromatic carbocycles. The van der Waals surface area contributed by atoms with Crippen LogP contribution < -0.4 is 14.4 Å². The van der Waals surface area contributed by atoms with Crippen molar-refractivity contribution < 1.29 is 22.7 Å². The minimum atomic E-state index is -3.72. The number of anilines is 2. The number of halogens is 1. The number of hydrogen-bond donors (Lipinski definition) is 1. The molecule has 0 spiro atoms. The van der Waals surface area contributed by atoms with Crippen molar-refractivity contribution in [3.05, 3.63) is 119 Å². The van der Waals surface area contributed by atoms with Crippen molar-refractivity contribution in [3.63, 3.8) is 0 Å². The molecule has 0 heterocycles. The number of sulfonamides is 1. The summed E-state index contributed by atoms with van der Waals surface area (Å²) in [5.74, 6) is -0.361. The predicted molar refractivity (Wildman–Crippen MR) is 149 cm³/mol. The van der Waals surface area contributed by atoms with Crippen LogP contribution in [0.3, 0.4) is 0 Å². The number of ketones is 1. The van der Waals surface area contributed by atoms with Crippen LogP contribution in [0.4, 0.5) is 11.4 Å². The number of nitrogens with zero attached hydrogens (tertiary/aromatic N) is 1. The zero-order chi connectivity index (χ0) is 27.1. The first-order valence-electron chi connectivity index (χ1n) is 11.8. The molecule has 7 nitrogen and oxygen atoms in total. The maximum absolute atomic E-state index is 13.0. The first-order chi connectivity index (χ1) is 18.3. The second-order valence-electron chi connectivity index (χ2n) is 8.20. The van der Waals surface area contributed by atoms with E-state index in [9.17, 15) is 18.0 Å². The third kappa shape index (κ3) is 6.22. The highest BCUT2D eigenvalue weighted by atomic mass is 35.5. The lowest BCUT2D eigenvalue weighted by Gasteiger charge is -2.23. The highest BCUT2D eigenvalue weighted by Gasteiger charge is 2.23. The van der Waals surface area contributed by atoms with E-state index >= 15 is 0 Å². The molecule has 1 amide bonds. The third-order valence-corrected chi connectivity index (χ3v) is 7.80. The number of amides is 1. The highest BCUT2D eigenvalue weighted by Crippen LogP contribution is 2.26. The van der Waals surface area contributed by atoms with Gasteiger partial charge in [0.25, 0.3) is 15.9 Å². The quantitative estimate of drug-likeness (QED) is 0.253. The fraction of sp³-hybridized carbons (Fsp3) is 0.103. The molecule has 0 bridgehead atoms. The minimum Gasteiger partial charge on any atom is -0.484 e. The lowest BCUT2D eigenvalue weighted by atomic mass is 10.0. The van der Waals surface area contributed by atoms with E-state index in [1.165, 1.54) is 10.4 Å². The fourth-order valence-corrected chi connectivity index (χ4v) is 5.48. The Kier molecular flexibility index (Phi) is 8.45. The van der Waals surface area contributed by atoms with E-state index in [1.807, 2.05) is 6.07 Å². The molecule has 0 saturated carbocycles. The molecule has 0 saturated heterocycles. The number of ether oxygens (including phenoxy) is 1. The van der Waals surface area contributed by atoms with Crippen LogP contribution in [-0.2, 0) is 14.8 Å². The average Bonchev–Trinajstić information content (AvgIpc) is 2.94. The number of hydrogen-bond acceptors (Lipinski definition) is 5. The van der Waals surface area contributed by atoms with Crippen LogP contribution in [0.2, 0.25) is 5.02 Å². The number of nitrogens with one attached hydrogen (secondary N) is 1. The van der Waals surface area contributed by atoms with Crippen LogP contribution in [0.1, 0.15) is 22.8 Å². The SMILES string of the molecule is CCN(c1ccc(OCC(=O)Nc2ccc(Cl)cc2C(=O)c2ccccc2)cc1)S(=O)(=O)c1ccccc1. The molecule has 0 fully saturated rings. The van der Waals surface area contributed by atoms with Crippen molar-refractivity contribution >= 4 is 44.7 Å². The molecule has 0 atom stereocenters. The van der Waals surface area contributed by atoms with E-state index in [4.69, 9.17) is 16.3 Å². The van der Waals surface area contributed by atoms with Crippen molar-refractivity contribution in [2.75, 3.05) is 22.8 Å². The maximum Gasteiger partial charge on any atom is 0.264 e. The Morgan fingerprint density at radius 2 is 1.50 bits per heavy atom. The lowest BCUT2D eigenvalue weighted by Crippen LogP contribution is -2.30. The Hall–Kier alpha value is -4.14. The molecule has 0 radical (unpaired) electrons. The summed E-state index contributed by atoms with van der Waals surface area (Å²) in [7, 11) is -3.72. The monoisotopic (exact) mass is 548 g/mol. The molecule has 0 unspecified atom stereocenters. The van der Waals surface area contributed by atoms with Gasteiger partial charge in [-0.3, -0.25) is 13.9 Å². The van der Waals surface area contributed by atoms with Crippen molar-refractivity contribution in [2.45, 2.75) is 11.8 Å². The zero-order valence-electron chi connectivity index (χ0n) is 20.5. The second kappa shape index (κ2) is 11.9. The Morgan fingerprint density at radius 3 is 2.13 bits per heavy atom. The molecule has 0 aliphatic rings. The predicted octanol–water partition coefficient (Wildman–Crippen LogP) is 5.80. The molecular formula is C29H25ClN2O5S. The first-order valence-corrected chi connectivity index (χ1v) is 13.6. The van der Waals surface area contributed by atoms with Crippen LogP contribution in [-0.4, -0.2) is 33.3 Å². The highest BCUT2D eigenvalue weighted by molar-refractivity contribution is 7.92. The summed E-state index contributed by atoms with van der Waals surface area (Å²) in [5.41, 5.74) is 1.52.